The third-order valence-corrected chi connectivity index (χ3v) is 6.32. The molecule has 2 N–H and O–H groups in total. The van der Waals surface area contributed by atoms with Crippen molar-refractivity contribution in [3.63, 3.8) is 0 Å². The van der Waals surface area contributed by atoms with Gasteiger partial charge in [0.1, 0.15) is 5.82 Å². The van der Waals surface area contributed by atoms with Gasteiger partial charge < -0.3 is 19.7 Å². The topological polar surface area (TPSA) is 122 Å². The van der Waals surface area contributed by atoms with Gasteiger partial charge in [-0.15, -0.1) is 0 Å². The normalized spacial score (nSPS) is 16.2. The number of fused-ring (bicyclic) bond motifs is 2. The molecule has 0 radical (unpaired) electrons. The number of ether oxygens (including phenoxy) is 2. The minimum atomic E-state index is -0.485. The van der Waals surface area contributed by atoms with Gasteiger partial charge in [0.15, 0.2) is 23.9 Å². The highest BCUT2D eigenvalue weighted by Crippen LogP contribution is 2.30. The molecule has 0 aromatic carbocycles. The van der Waals surface area contributed by atoms with Gasteiger partial charge in [-0.2, -0.15) is 0 Å². The summed E-state index contributed by atoms with van der Waals surface area (Å²) in [7, 11) is 1.51. The van der Waals surface area contributed by atoms with Crippen molar-refractivity contribution < 1.29 is 23.5 Å². The van der Waals surface area contributed by atoms with Gasteiger partial charge in [0, 0.05) is 50.4 Å². The molecular weight excluding hydrogens is 493 g/mol. The predicted octanol–water partition coefficient (Wildman–Crippen LogP) is 1.66. The summed E-state index contributed by atoms with van der Waals surface area (Å²) in [4.78, 5) is 39.2. The molecule has 3 aromatic heterocycles. The molecule has 188 valence electrons. The van der Waals surface area contributed by atoms with Gasteiger partial charge in [0.2, 0.25) is 5.88 Å². The summed E-state index contributed by atoms with van der Waals surface area (Å²) in [6.45, 7) is 2.93. The molecule has 0 unspecified atom stereocenters. The molecule has 2 aliphatic heterocycles. The molecule has 1 saturated heterocycles. The van der Waals surface area contributed by atoms with Crippen LogP contribution in [-0.4, -0.2) is 83.1 Å². The van der Waals surface area contributed by atoms with E-state index in [0.29, 0.717) is 67.4 Å². The van der Waals surface area contributed by atoms with Crippen LogP contribution in [0.5, 0.6) is 11.6 Å². The molecule has 0 atom stereocenters. The summed E-state index contributed by atoms with van der Waals surface area (Å²) >= 11 is 6.22. The van der Waals surface area contributed by atoms with Crippen LogP contribution in [0.25, 0.3) is 11.0 Å². The molecule has 5 rings (SSSR count). The second-order valence-electron chi connectivity index (χ2n) is 8.33. The van der Waals surface area contributed by atoms with E-state index in [9.17, 15) is 14.0 Å². The minimum Gasteiger partial charge on any atom is -0.481 e. The zero-order valence-electron chi connectivity index (χ0n) is 19.4. The van der Waals surface area contributed by atoms with Crippen molar-refractivity contribution in [2.24, 2.45) is 0 Å². The minimum absolute atomic E-state index is 0.00776. The standard InChI is InChI=1S/C23H23ClFN7O4/c1-35-19-3-2-16-20(28-19)13(15(25)11-26-16)4-5-31-6-8-32(9-7-31)30-23(34)21-14(24)10-17-22(29-21)27-18(33)12-36-17/h2-3,10-11H,4-9,12H2,1H3,(H,30,34)(H,27,29,33). The molecule has 3 aromatic rings. The van der Waals surface area contributed by atoms with Crippen molar-refractivity contribution in [2.45, 2.75) is 6.42 Å². The SMILES string of the molecule is COc1ccc2ncc(F)c(CCN3CCN(NC(=O)c4nc5c(cc4Cl)OCC(=O)N5)CC3)c2n1. The maximum Gasteiger partial charge on any atom is 0.285 e. The summed E-state index contributed by atoms with van der Waals surface area (Å²) in [6, 6.07) is 4.92. The maximum atomic E-state index is 14.6. The Morgan fingerprint density at radius 1 is 1.28 bits per heavy atom. The third kappa shape index (κ3) is 5.01. The lowest BCUT2D eigenvalue weighted by Gasteiger charge is -2.34. The quantitative estimate of drug-likeness (QED) is 0.504. The molecule has 13 heteroatoms. The average Bonchev–Trinajstić information content (AvgIpc) is 2.88. The fraction of sp³-hybridized carbons (Fsp3) is 0.348. The van der Waals surface area contributed by atoms with Crippen molar-refractivity contribution in [1.82, 2.24) is 30.3 Å². The van der Waals surface area contributed by atoms with E-state index in [-0.39, 0.29) is 29.0 Å². The van der Waals surface area contributed by atoms with Gasteiger partial charge in [-0.25, -0.2) is 19.4 Å². The van der Waals surface area contributed by atoms with Gasteiger partial charge in [-0.1, -0.05) is 11.6 Å². The van der Waals surface area contributed by atoms with Crippen LogP contribution < -0.4 is 20.2 Å². The Balaban J connectivity index is 1.18. The summed E-state index contributed by atoms with van der Waals surface area (Å²) in [5, 5.41) is 4.47. The number of carbonyl (C=O) groups excluding carboxylic acids is 2. The predicted molar refractivity (Wildman–Crippen MR) is 129 cm³/mol. The van der Waals surface area contributed by atoms with Crippen molar-refractivity contribution >= 4 is 40.3 Å². The molecule has 36 heavy (non-hydrogen) atoms. The summed E-state index contributed by atoms with van der Waals surface area (Å²) in [5.41, 5.74) is 4.41. The zero-order valence-corrected chi connectivity index (χ0v) is 20.1. The fourth-order valence-electron chi connectivity index (χ4n) is 4.12. The number of halogens is 2. The summed E-state index contributed by atoms with van der Waals surface area (Å²) < 4.78 is 25.0. The highest BCUT2D eigenvalue weighted by Gasteiger charge is 2.25. The molecule has 0 spiro atoms. The number of hydrogen-bond acceptors (Lipinski definition) is 9. The van der Waals surface area contributed by atoms with Gasteiger partial charge in [0.05, 0.1) is 29.4 Å². The number of hydrazine groups is 1. The zero-order chi connectivity index (χ0) is 25.2. The van der Waals surface area contributed by atoms with Gasteiger partial charge in [0.25, 0.3) is 11.8 Å². The van der Waals surface area contributed by atoms with Crippen molar-refractivity contribution in [3.8, 4) is 11.6 Å². The smallest absolute Gasteiger partial charge is 0.285 e. The van der Waals surface area contributed by atoms with Crippen LogP contribution in [-0.2, 0) is 11.2 Å². The first kappa shape index (κ1) is 24.1. The number of amides is 2. The number of piperazine rings is 1. The Bertz CT molecular complexity index is 1330. The number of anilines is 1. The Labute approximate surface area is 210 Å². The van der Waals surface area contributed by atoms with Gasteiger partial charge >= 0.3 is 0 Å². The van der Waals surface area contributed by atoms with Crippen LogP contribution >= 0.6 is 11.6 Å². The van der Waals surface area contributed by atoms with Crippen molar-refractivity contribution in [3.05, 3.63) is 46.5 Å². The van der Waals surface area contributed by atoms with E-state index in [1.807, 2.05) is 0 Å². The van der Waals surface area contributed by atoms with Crippen LogP contribution in [0.1, 0.15) is 16.1 Å². The Hall–Kier alpha value is -3.61. The molecule has 0 saturated carbocycles. The fourth-order valence-corrected chi connectivity index (χ4v) is 4.35. The Morgan fingerprint density at radius 3 is 2.86 bits per heavy atom. The lowest BCUT2D eigenvalue weighted by atomic mass is 10.1. The lowest BCUT2D eigenvalue weighted by Crippen LogP contribution is -2.54. The molecule has 2 amide bonds. The van der Waals surface area contributed by atoms with E-state index in [2.05, 4.69) is 30.6 Å². The Kier molecular flexibility index (Phi) is 6.81. The molecule has 0 aliphatic carbocycles. The number of methoxy groups -OCH3 is 1. The van der Waals surface area contributed by atoms with Crippen LogP contribution in [0.2, 0.25) is 5.02 Å². The highest BCUT2D eigenvalue weighted by atomic mass is 35.5. The van der Waals surface area contributed by atoms with Gasteiger partial charge in [-0.05, 0) is 12.5 Å². The number of nitrogens with zero attached hydrogens (tertiary/aromatic N) is 5. The van der Waals surface area contributed by atoms with Crippen LogP contribution in [0.3, 0.4) is 0 Å². The van der Waals surface area contributed by atoms with Gasteiger partial charge in [-0.3, -0.25) is 20.0 Å². The first-order chi connectivity index (χ1) is 17.4. The number of carbonyl (C=O) groups is 2. The molecule has 11 nitrogen and oxygen atoms in total. The highest BCUT2D eigenvalue weighted by molar-refractivity contribution is 6.33. The molecule has 1 fully saturated rings. The summed E-state index contributed by atoms with van der Waals surface area (Å²) in [6.07, 6.45) is 1.68. The van der Waals surface area contributed by atoms with E-state index < -0.39 is 11.7 Å². The number of rotatable bonds is 6. The maximum absolute atomic E-state index is 14.6. The molecule has 5 heterocycles. The lowest BCUT2D eigenvalue weighted by molar-refractivity contribution is -0.118. The third-order valence-electron chi connectivity index (χ3n) is 6.03. The van der Waals surface area contributed by atoms with E-state index in [0.717, 1.165) is 0 Å². The van der Waals surface area contributed by atoms with E-state index in [1.54, 1.807) is 17.1 Å². The second-order valence-corrected chi connectivity index (χ2v) is 8.74. The Morgan fingerprint density at radius 2 is 2.08 bits per heavy atom. The summed E-state index contributed by atoms with van der Waals surface area (Å²) in [5.74, 6) is -0.352. The van der Waals surface area contributed by atoms with E-state index >= 15 is 0 Å². The number of hydrogen-bond donors (Lipinski definition) is 2. The first-order valence-electron chi connectivity index (χ1n) is 11.3. The van der Waals surface area contributed by atoms with Crippen molar-refractivity contribution in [2.75, 3.05) is 51.8 Å². The number of nitrogens with one attached hydrogen (secondary N) is 2. The van der Waals surface area contributed by atoms with E-state index in [1.165, 1.54) is 19.4 Å². The first-order valence-corrected chi connectivity index (χ1v) is 11.7. The van der Waals surface area contributed by atoms with Crippen molar-refractivity contribution in [1.29, 1.82) is 0 Å². The molecule has 2 aliphatic rings. The second kappa shape index (κ2) is 10.2. The average molecular weight is 516 g/mol. The number of aromatic nitrogens is 3. The van der Waals surface area contributed by atoms with Crippen LogP contribution in [0.4, 0.5) is 10.2 Å². The monoisotopic (exact) mass is 515 g/mol. The molecule has 0 bridgehead atoms. The number of pyridine rings is 3. The van der Waals surface area contributed by atoms with Crippen LogP contribution in [0, 0.1) is 5.82 Å². The molecular formula is C23H23ClFN7O4. The van der Waals surface area contributed by atoms with E-state index in [4.69, 9.17) is 21.1 Å². The van der Waals surface area contributed by atoms with Crippen LogP contribution in [0.15, 0.2) is 24.4 Å². The largest absolute Gasteiger partial charge is 0.481 e.